The standard InChI is InChI=1S/C32H30FN7O2S/c1-43(41,42)11-7-20-12-23(15-25(33)14-20)29-31-28(6-8-35-29)36-32(37-31)30-26-16-22(4-5-27(26)38-39-30)24-13-21(17-34-18-24)19-40-9-2-3-10-40/h4-6,8,12-18H,2-3,7,9-11,19H2,1H3,(H,36,37)(H,38,39). The minimum Gasteiger partial charge on any atom is -0.336 e. The molecule has 11 heteroatoms. The smallest absolute Gasteiger partial charge is 0.159 e. The monoisotopic (exact) mass is 595 g/mol. The van der Waals surface area contributed by atoms with Gasteiger partial charge in [-0.05, 0) is 91.5 Å². The van der Waals surface area contributed by atoms with Crippen LogP contribution in [0.2, 0.25) is 0 Å². The molecule has 4 aromatic heterocycles. The van der Waals surface area contributed by atoms with Gasteiger partial charge in [-0.2, -0.15) is 5.10 Å². The molecule has 7 rings (SSSR count). The molecule has 2 aromatic carbocycles. The second kappa shape index (κ2) is 11.0. The van der Waals surface area contributed by atoms with Gasteiger partial charge in [0.2, 0.25) is 0 Å². The van der Waals surface area contributed by atoms with E-state index in [1.54, 1.807) is 12.3 Å². The number of benzene rings is 2. The van der Waals surface area contributed by atoms with Gasteiger partial charge in [0.1, 0.15) is 26.9 Å². The molecule has 0 bridgehead atoms. The quantitative estimate of drug-likeness (QED) is 0.237. The van der Waals surface area contributed by atoms with E-state index in [4.69, 9.17) is 4.98 Å². The molecule has 1 saturated heterocycles. The highest BCUT2D eigenvalue weighted by Crippen LogP contribution is 2.33. The summed E-state index contributed by atoms with van der Waals surface area (Å²) in [4.78, 5) is 19.7. The molecule has 0 spiro atoms. The molecule has 1 aliphatic rings. The molecule has 0 aliphatic carbocycles. The van der Waals surface area contributed by atoms with Crippen molar-refractivity contribution in [3.63, 3.8) is 0 Å². The second-order valence-corrected chi connectivity index (χ2v) is 13.5. The minimum atomic E-state index is -3.19. The van der Waals surface area contributed by atoms with Crippen LogP contribution in [0.4, 0.5) is 4.39 Å². The number of sulfone groups is 1. The lowest BCUT2D eigenvalue weighted by Gasteiger charge is -2.14. The van der Waals surface area contributed by atoms with E-state index in [1.165, 1.54) is 36.8 Å². The molecule has 0 unspecified atom stereocenters. The molecular weight excluding hydrogens is 565 g/mol. The van der Waals surface area contributed by atoms with Crippen LogP contribution in [-0.2, 0) is 22.8 Å². The van der Waals surface area contributed by atoms with Crippen LogP contribution in [0.15, 0.2) is 67.1 Å². The first-order chi connectivity index (χ1) is 20.8. The summed E-state index contributed by atoms with van der Waals surface area (Å²) in [7, 11) is -3.19. The average molecular weight is 596 g/mol. The molecule has 9 nitrogen and oxygen atoms in total. The molecule has 1 aliphatic heterocycles. The molecule has 0 saturated carbocycles. The highest BCUT2D eigenvalue weighted by molar-refractivity contribution is 7.90. The second-order valence-electron chi connectivity index (χ2n) is 11.3. The topological polar surface area (TPSA) is 121 Å². The number of nitrogens with zero attached hydrogens (tertiary/aromatic N) is 5. The summed E-state index contributed by atoms with van der Waals surface area (Å²) >= 11 is 0. The highest BCUT2D eigenvalue weighted by Gasteiger charge is 2.18. The van der Waals surface area contributed by atoms with E-state index in [9.17, 15) is 12.8 Å². The molecule has 0 atom stereocenters. The third-order valence-corrected chi connectivity index (χ3v) is 8.86. The number of rotatable bonds is 8. The van der Waals surface area contributed by atoms with Crippen LogP contribution < -0.4 is 0 Å². The number of pyridine rings is 2. The number of aromatic nitrogens is 6. The summed E-state index contributed by atoms with van der Waals surface area (Å²) in [5.41, 5.74) is 7.72. The Morgan fingerprint density at radius 2 is 1.74 bits per heavy atom. The zero-order valence-electron chi connectivity index (χ0n) is 23.6. The molecule has 43 heavy (non-hydrogen) atoms. The van der Waals surface area contributed by atoms with Gasteiger partial charge in [0.05, 0.1) is 22.5 Å². The van der Waals surface area contributed by atoms with Crippen LogP contribution in [0.5, 0.6) is 0 Å². The van der Waals surface area contributed by atoms with Gasteiger partial charge in [-0.15, -0.1) is 0 Å². The lowest BCUT2D eigenvalue weighted by atomic mass is 10.0. The largest absolute Gasteiger partial charge is 0.336 e. The van der Waals surface area contributed by atoms with E-state index < -0.39 is 15.7 Å². The average Bonchev–Trinajstić information content (AvgIpc) is 3.75. The maximum Gasteiger partial charge on any atom is 0.159 e. The van der Waals surface area contributed by atoms with Gasteiger partial charge in [-0.1, -0.05) is 6.07 Å². The molecule has 5 heterocycles. The van der Waals surface area contributed by atoms with Crippen LogP contribution in [-0.4, -0.2) is 68.5 Å². The maximum absolute atomic E-state index is 14.6. The van der Waals surface area contributed by atoms with E-state index in [0.29, 0.717) is 33.9 Å². The molecule has 218 valence electrons. The summed E-state index contributed by atoms with van der Waals surface area (Å²) < 4.78 is 38.0. The van der Waals surface area contributed by atoms with Crippen molar-refractivity contribution >= 4 is 31.8 Å². The third kappa shape index (κ3) is 5.78. The van der Waals surface area contributed by atoms with Crippen molar-refractivity contribution < 1.29 is 12.8 Å². The van der Waals surface area contributed by atoms with Crippen LogP contribution in [0.3, 0.4) is 0 Å². The number of hydrogen-bond acceptors (Lipinski definition) is 7. The Labute approximate surface area is 248 Å². The van der Waals surface area contributed by atoms with Crippen molar-refractivity contribution in [2.45, 2.75) is 25.8 Å². The number of nitrogens with one attached hydrogen (secondary N) is 2. The Hall–Kier alpha value is -4.48. The summed E-state index contributed by atoms with van der Waals surface area (Å²) in [6.07, 6.45) is 9.36. The van der Waals surface area contributed by atoms with Crippen molar-refractivity contribution in [2.75, 3.05) is 25.1 Å². The molecule has 0 amide bonds. The van der Waals surface area contributed by atoms with E-state index >= 15 is 0 Å². The predicted molar refractivity (Wildman–Crippen MR) is 166 cm³/mol. The zero-order valence-corrected chi connectivity index (χ0v) is 24.5. The number of fused-ring (bicyclic) bond motifs is 2. The number of aromatic amines is 2. The summed E-state index contributed by atoms with van der Waals surface area (Å²) in [5, 5.41) is 8.60. The Morgan fingerprint density at radius 1 is 0.907 bits per heavy atom. The van der Waals surface area contributed by atoms with Gasteiger partial charge in [0, 0.05) is 47.9 Å². The third-order valence-electron chi connectivity index (χ3n) is 7.91. The highest BCUT2D eigenvalue weighted by atomic mass is 32.2. The lowest BCUT2D eigenvalue weighted by Crippen LogP contribution is -2.18. The summed E-state index contributed by atoms with van der Waals surface area (Å²) in [5.74, 6) is 0.0373. The number of imidazole rings is 1. The molecule has 6 aromatic rings. The number of hydrogen-bond donors (Lipinski definition) is 2. The SMILES string of the molecule is CS(=O)(=O)CCc1cc(F)cc(-c2nccc3[nH]c(-c4n[nH]c5ccc(-c6cncc(CN7CCCC7)c6)cc45)nc23)c1. The Balaban J connectivity index is 1.24. The van der Waals surface area contributed by atoms with Crippen molar-refractivity contribution in [1.29, 1.82) is 0 Å². The Bertz CT molecular complexity index is 2080. The van der Waals surface area contributed by atoms with E-state index in [0.717, 1.165) is 47.2 Å². The van der Waals surface area contributed by atoms with Crippen LogP contribution in [0.1, 0.15) is 24.0 Å². The first-order valence-corrected chi connectivity index (χ1v) is 16.3. The summed E-state index contributed by atoms with van der Waals surface area (Å²) in [6.45, 7) is 3.17. The molecular formula is C32H30FN7O2S. The fourth-order valence-corrected chi connectivity index (χ4v) is 6.40. The van der Waals surface area contributed by atoms with Crippen LogP contribution in [0, 0.1) is 5.82 Å². The number of halogens is 1. The Morgan fingerprint density at radius 3 is 2.58 bits per heavy atom. The fourth-order valence-electron chi connectivity index (χ4n) is 5.80. The maximum atomic E-state index is 14.6. The molecule has 2 N–H and O–H groups in total. The van der Waals surface area contributed by atoms with Gasteiger partial charge >= 0.3 is 0 Å². The normalized spacial score (nSPS) is 14.3. The van der Waals surface area contributed by atoms with Gasteiger partial charge in [-0.25, -0.2) is 17.8 Å². The number of likely N-dealkylation sites (tertiary alicyclic amines) is 1. The lowest BCUT2D eigenvalue weighted by molar-refractivity contribution is 0.331. The molecule has 1 fully saturated rings. The van der Waals surface area contributed by atoms with E-state index in [2.05, 4.69) is 48.2 Å². The van der Waals surface area contributed by atoms with Gasteiger partial charge in [0.25, 0.3) is 0 Å². The van der Waals surface area contributed by atoms with E-state index in [1.807, 2.05) is 24.5 Å². The van der Waals surface area contributed by atoms with Crippen LogP contribution >= 0.6 is 0 Å². The fraction of sp³-hybridized carbons (Fsp3) is 0.250. The predicted octanol–water partition coefficient (Wildman–Crippen LogP) is 5.55. The number of H-pyrrole nitrogens is 2. The first-order valence-electron chi connectivity index (χ1n) is 14.3. The number of aryl methyl sites for hydroxylation is 1. The Kier molecular flexibility index (Phi) is 6.98. The van der Waals surface area contributed by atoms with E-state index in [-0.39, 0.29) is 12.2 Å². The van der Waals surface area contributed by atoms with Crippen LogP contribution in [0.25, 0.3) is 55.8 Å². The minimum absolute atomic E-state index is 0.0624. The van der Waals surface area contributed by atoms with Gasteiger partial charge in [0.15, 0.2) is 5.82 Å². The summed E-state index contributed by atoms with van der Waals surface area (Å²) in [6, 6.07) is 14.7. The van der Waals surface area contributed by atoms with Crippen molar-refractivity contribution in [3.05, 3.63) is 84.1 Å². The molecule has 0 radical (unpaired) electrons. The first kappa shape index (κ1) is 27.4. The van der Waals surface area contributed by atoms with Crippen molar-refractivity contribution in [2.24, 2.45) is 0 Å². The van der Waals surface area contributed by atoms with Crippen molar-refractivity contribution in [3.8, 4) is 33.9 Å². The van der Waals surface area contributed by atoms with Crippen molar-refractivity contribution in [1.82, 2.24) is 35.0 Å². The zero-order chi connectivity index (χ0) is 29.6. The van der Waals surface area contributed by atoms with Gasteiger partial charge in [-0.3, -0.25) is 20.0 Å². The van der Waals surface area contributed by atoms with Gasteiger partial charge < -0.3 is 4.98 Å².